The molecule has 0 N–H and O–H groups in total. The molecule has 0 bridgehead atoms. The second-order valence-electron chi connectivity index (χ2n) is 4.74. The van der Waals surface area contributed by atoms with E-state index in [1.807, 2.05) is 0 Å². The Morgan fingerprint density at radius 3 is 2.71 bits per heavy atom. The monoisotopic (exact) mass is 261 g/mol. The van der Waals surface area contributed by atoms with Crippen LogP contribution in [0.4, 0.5) is 0 Å². The number of nitrogens with zero attached hydrogens (tertiary/aromatic N) is 1. The molecule has 1 rings (SSSR count). The molecule has 1 aliphatic rings. The molecule has 0 aromatic carbocycles. The molecule has 1 fully saturated rings. The molecule has 2 heteroatoms. The van der Waals surface area contributed by atoms with Crippen molar-refractivity contribution in [3.8, 4) is 0 Å². The molecule has 1 nitrogen and oxygen atoms in total. The van der Waals surface area contributed by atoms with Crippen LogP contribution in [0, 0.1) is 5.92 Å². The lowest BCUT2D eigenvalue weighted by atomic mass is 10.0. The van der Waals surface area contributed by atoms with Crippen LogP contribution in [0.15, 0.2) is 0 Å². The summed E-state index contributed by atoms with van der Waals surface area (Å²) in [5.74, 6) is 0.841. The minimum absolute atomic E-state index is 0.841. The Morgan fingerprint density at radius 2 is 2.07 bits per heavy atom. The van der Waals surface area contributed by atoms with Crippen molar-refractivity contribution in [1.29, 1.82) is 0 Å². The van der Waals surface area contributed by atoms with Crippen molar-refractivity contribution in [2.45, 2.75) is 52.0 Å². The van der Waals surface area contributed by atoms with Gasteiger partial charge in [0, 0.05) is 11.4 Å². The zero-order valence-electron chi connectivity index (χ0n) is 9.64. The molecule has 0 spiro atoms. The molecular formula is C12H24BrN. The number of likely N-dealkylation sites (tertiary alicyclic amines) is 1. The summed E-state index contributed by atoms with van der Waals surface area (Å²) in [4.78, 5) is 2.71. The SMILES string of the molecule is CC(C)C1CCCN1CCCCCBr. The summed E-state index contributed by atoms with van der Waals surface area (Å²) in [5, 5.41) is 1.17. The Kier molecular flexibility index (Phi) is 6.11. The first-order valence-electron chi connectivity index (χ1n) is 6.05. The molecule has 0 radical (unpaired) electrons. The fourth-order valence-electron chi connectivity index (χ4n) is 2.47. The molecule has 0 amide bonds. The Bertz CT molecular complexity index is 147. The maximum atomic E-state index is 3.48. The quantitative estimate of drug-likeness (QED) is 0.521. The van der Waals surface area contributed by atoms with Gasteiger partial charge in [-0.3, -0.25) is 0 Å². The van der Waals surface area contributed by atoms with Crippen molar-refractivity contribution in [2.24, 2.45) is 5.92 Å². The third kappa shape index (κ3) is 3.90. The van der Waals surface area contributed by atoms with Crippen LogP contribution in [0.25, 0.3) is 0 Å². The minimum Gasteiger partial charge on any atom is -0.300 e. The number of hydrogen-bond donors (Lipinski definition) is 0. The molecule has 14 heavy (non-hydrogen) atoms. The highest BCUT2D eigenvalue weighted by molar-refractivity contribution is 9.09. The standard InChI is InChI=1S/C12H24BrN/c1-11(2)12-7-6-10-14(12)9-5-3-4-8-13/h11-12H,3-10H2,1-2H3. The van der Waals surface area contributed by atoms with Crippen molar-refractivity contribution in [2.75, 3.05) is 18.4 Å². The van der Waals surface area contributed by atoms with Crippen molar-refractivity contribution in [1.82, 2.24) is 4.90 Å². The second kappa shape index (κ2) is 6.84. The highest BCUT2D eigenvalue weighted by atomic mass is 79.9. The minimum atomic E-state index is 0.841. The third-order valence-electron chi connectivity index (χ3n) is 3.26. The molecule has 0 aromatic heterocycles. The molecule has 84 valence electrons. The summed E-state index contributed by atoms with van der Waals surface area (Å²) in [7, 11) is 0. The number of halogens is 1. The molecule has 0 aromatic rings. The van der Waals surface area contributed by atoms with Gasteiger partial charge in [-0.2, -0.15) is 0 Å². The molecular weight excluding hydrogens is 238 g/mol. The summed E-state index contributed by atoms with van der Waals surface area (Å²) >= 11 is 3.48. The van der Waals surface area contributed by atoms with E-state index in [2.05, 4.69) is 34.7 Å². The second-order valence-corrected chi connectivity index (χ2v) is 5.53. The number of hydrogen-bond acceptors (Lipinski definition) is 1. The van der Waals surface area contributed by atoms with E-state index in [0.717, 1.165) is 12.0 Å². The smallest absolute Gasteiger partial charge is 0.0119 e. The fourth-order valence-corrected chi connectivity index (χ4v) is 2.87. The van der Waals surface area contributed by atoms with Crippen LogP contribution in [-0.4, -0.2) is 29.4 Å². The van der Waals surface area contributed by atoms with Gasteiger partial charge in [0.05, 0.1) is 0 Å². The van der Waals surface area contributed by atoms with Gasteiger partial charge in [0.25, 0.3) is 0 Å². The normalized spacial score (nSPS) is 23.6. The summed E-state index contributed by atoms with van der Waals surface area (Å²) in [5.41, 5.74) is 0. The van der Waals surface area contributed by atoms with Crippen LogP contribution in [0.2, 0.25) is 0 Å². The van der Waals surface area contributed by atoms with Crippen molar-refractivity contribution < 1.29 is 0 Å². The molecule has 1 unspecified atom stereocenters. The predicted octanol–water partition coefficient (Wildman–Crippen LogP) is 3.67. The van der Waals surface area contributed by atoms with E-state index in [1.54, 1.807) is 0 Å². The first kappa shape index (κ1) is 12.5. The Labute approximate surface area is 97.4 Å². The average molecular weight is 262 g/mol. The maximum absolute atomic E-state index is 3.48. The number of rotatable bonds is 6. The first-order chi connectivity index (χ1) is 6.75. The fraction of sp³-hybridized carbons (Fsp3) is 1.00. The van der Waals surface area contributed by atoms with E-state index < -0.39 is 0 Å². The van der Waals surface area contributed by atoms with Crippen LogP contribution in [0.3, 0.4) is 0 Å². The average Bonchev–Trinajstić information content (AvgIpc) is 2.60. The van der Waals surface area contributed by atoms with Gasteiger partial charge in [-0.15, -0.1) is 0 Å². The van der Waals surface area contributed by atoms with Gasteiger partial charge < -0.3 is 4.90 Å². The van der Waals surface area contributed by atoms with E-state index in [1.165, 1.54) is 50.5 Å². The van der Waals surface area contributed by atoms with Gasteiger partial charge in [0.2, 0.25) is 0 Å². The zero-order valence-corrected chi connectivity index (χ0v) is 11.2. The molecule has 0 saturated carbocycles. The largest absolute Gasteiger partial charge is 0.300 e. The van der Waals surface area contributed by atoms with Gasteiger partial charge in [0.1, 0.15) is 0 Å². The van der Waals surface area contributed by atoms with Gasteiger partial charge in [0.15, 0.2) is 0 Å². The molecule has 1 saturated heterocycles. The topological polar surface area (TPSA) is 3.24 Å². The Morgan fingerprint density at radius 1 is 1.29 bits per heavy atom. The molecule has 1 aliphatic heterocycles. The van der Waals surface area contributed by atoms with Crippen LogP contribution < -0.4 is 0 Å². The third-order valence-corrected chi connectivity index (χ3v) is 3.82. The van der Waals surface area contributed by atoms with Crippen LogP contribution in [0.5, 0.6) is 0 Å². The van der Waals surface area contributed by atoms with Gasteiger partial charge >= 0.3 is 0 Å². The highest BCUT2D eigenvalue weighted by Crippen LogP contribution is 2.23. The van der Waals surface area contributed by atoms with Gasteiger partial charge in [-0.05, 0) is 44.7 Å². The van der Waals surface area contributed by atoms with E-state index in [0.29, 0.717) is 0 Å². The Hall–Kier alpha value is 0.440. The van der Waals surface area contributed by atoms with Crippen LogP contribution in [-0.2, 0) is 0 Å². The number of unbranched alkanes of at least 4 members (excludes halogenated alkanes) is 2. The molecule has 0 aliphatic carbocycles. The van der Waals surface area contributed by atoms with Crippen LogP contribution in [0.1, 0.15) is 46.0 Å². The number of alkyl halides is 1. The summed E-state index contributed by atoms with van der Waals surface area (Å²) in [6.45, 7) is 7.40. The lowest BCUT2D eigenvalue weighted by Gasteiger charge is -2.27. The van der Waals surface area contributed by atoms with Gasteiger partial charge in [-0.25, -0.2) is 0 Å². The lowest BCUT2D eigenvalue weighted by molar-refractivity contribution is 0.203. The summed E-state index contributed by atoms with van der Waals surface area (Å²) in [6, 6.07) is 0.874. The highest BCUT2D eigenvalue weighted by Gasteiger charge is 2.25. The maximum Gasteiger partial charge on any atom is 0.0119 e. The van der Waals surface area contributed by atoms with Crippen molar-refractivity contribution >= 4 is 15.9 Å². The molecule has 1 heterocycles. The Balaban J connectivity index is 2.16. The van der Waals surface area contributed by atoms with E-state index >= 15 is 0 Å². The van der Waals surface area contributed by atoms with Gasteiger partial charge in [-0.1, -0.05) is 36.2 Å². The van der Waals surface area contributed by atoms with E-state index in [-0.39, 0.29) is 0 Å². The first-order valence-corrected chi connectivity index (χ1v) is 7.18. The van der Waals surface area contributed by atoms with Crippen LogP contribution >= 0.6 is 15.9 Å². The van der Waals surface area contributed by atoms with Crippen molar-refractivity contribution in [3.05, 3.63) is 0 Å². The predicted molar refractivity (Wildman–Crippen MR) is 67.1 cm³/mol. The van der Waals surface area contributed by atoms with E-state index in [4.69, 9.17) is 0 Å². The zero-order chi connectivity index (χ0) is 10.4. The molecule has 1 atom stereocenters. The summed E-state index contributed by atoms with van der Waals surface area (Å²) < 4.78 is 0. The summed E-state index contributed by atoms with van der Waals surface area (Å²) in [6.07, 6.45) is 6.94. The lowest BCUT2D eigenvalue weighted by Crippen LogP contribution is -2.34. The van der Waals surface area contributed by atoms with Crippen molar-refractivity contribution in [3.63, 3.8) is 0 Å². The van der Waals surface area contributed by atoms with E-state index in [9.17, 15) is 0 Å².